The van der Waals surface area contributed by atoms with Crippen LogP contribution in [0.15, 0.2) is 41.3 Å². The zero-order valence-corrected chi connectivity index (χ0v) is 20.3. The number of hydrogen-bond acceptors (Lipinski definition) is 5. The molecule has 0 aliphatic carbocycles. The van der Waals surface area contributed by atoms with Crippen LogP contribution >= 0.6 is 0 Å². The van der Waals surface area contributed by atoms with Gasteiger partial charge in [-0.15, -0.1) is 0 Å². The lowest BCUT2D eigenvalue weighted by Crippen LogP contribution is -2.19. The van der Waals surface area contributed by atoms with Gasteiger partial charge in [-0.2, -0.15) is 17.2 Å². The van der Waals surface area contributed by atoms with Crippen molar-refractivity contribution in [1.82, 2.24) is 0 Å². The second-order valence-electron chi connectivity index (χ2n) is 7.51. The van der Waals surface area contributed by atoms with Gasteiger partial charge in [0.25, 0.3) is 0 Å². The Bertz CT molecular complexity index is 1500. The standard InChI is InChI=1S/C24H17BF5NO5S/c1-4-5-13-9-14(37(33,34)36-24-22(29)20(27)19(26)21(28)23(24)30)6-7-16(13)31(11-32)17-8-12(2)15(25)10-18(17)35-3/h4-11H,1-3H3/b5-4-. The Kier molecular flexibility index (Phi) is 7.96. The number of methoxy groups -OCH3 is 1. The normalized spacial score (nSPS) is 11.6. The van der Waals surface area contributed by atoms with Crippen LogP contribution in [0.4, 0.5) is 33.3 Å². The highest BCUT2D eigenvalue weighted by Crippen LogP contribution is 2.37. The van der Waals surface area contributed by atoms with Crippen LogP contribution in [0, 0.1) is 36.0 Å². The van der Waals surface area contributed by atoms with E-state index in [-0.39, 0.29) is 22.7 Å². The number of carbonyl (C=O) groups excluding carboxylic acids is 1. The minimum absolute atomic E-state index is 0.119. The van der Waals surface area contributed by atoms with Gasteiger partial charge in [-0.3, -0.25) is 9.69 Å². The lowest BCUT2D eigenvalue weighted by molar-refractivity contribution is -0.106. The Morgan fingerprint density at radius 3 is 2.05 bits per heavy atom. The molecule has 0 saturated heterocycles. The number of nitrogens with zero attached hydrogens (tertiary/aromatic N) is 1. The monoisotopic (exact) mass is 537 g/mol. The third kappa shape index (κ3) is 5.17. The second kappa shape index (κ2) is 10.6. The number of aryl methyl sites for hydroxylation is 1. The number of amides is 1. The molecule has 2 radical (unpaired) electrons. The molecule has 0 N–H and O–H groups in total. The second-order valence-corrected chi connectivity index (χ2v) is 9.06. The number of carbonyl (C=O) groups is 1. The fraction of sp³-hybridized carbons (Fsp3) is 0.125. The van der Waals surface area contributed by atoms with E-state index in [0.717, 1.165) is 17.0 Å². The molecule has 0 atom stereocenters. The van der Waals surface area contributed by atoms with Crippen molar-refractivity contribution in [2.75, 3.05) is 12.0 Å². The average Bonchev–Trinajstić information content (AvgIpc) is 2.87. The van der Waals surface area contributed by atoms with E-state index in [2.05, 4.69) is 4.18 Å². The summed E-state index contributed by atoms with van der Waals surface area (Å²) in [6, 6.07) is 6.16. The number of halogens is 5. The first-order chi connectivity index (χ1) is 17.4. The molecule has 192 valence electrons. The lowest BCUT2D eigenvalue weighted by Gasteiger charge is -2.24. The fourth-order valence-corrected chi connectivity index (χ4v) is 4.29. The van der Waals surface area contributed by atoms with E-state index in [1.54, 1.807) is 19.9 Å². The topological polar surface area (TPSA) is 72.9 Å². The SMILES string of the molecule is [B]c1cc(OC)c(N(C=O)c2ccc(S(=O)(=O)Oc3c(F)c(F)c(F)c(F)c3F)cc2/C=C\C)cc1C. The van der Waals surface area contributed by atoms with Gasteiger partial charge in [-0.25, -0.2) is 13.2 Å². The van der Waals surface area contributed by atoms with Crippen LogP contribution in [0.3, 0.4) is 0 Å². The van der Waals surface area contributed by atoms with Crippen molar-refractivity contribution in [2.45, 2.75) is 18.7 Å². The molecule has 0 aliphatic rings. The number of hydrogen-bond donors (Lipinski definition) is 0. The molecule has 3 aromatic carbocycles. The van der Waals surface area contributed by atoms with Crippen molar-refractivity contribution in [3.63, 3.8) is 0 Å². The van der Waals surface area contributed by atoms with Crippen LogP contribution in [0.1, 0.15) is 18.1 Å². The van der Waals surface area contributed by atoms with Gasteiger partial charge in [0.15, 0.2) is 0 Å². The van der Waals surface area contributed by atoms with Crippen molar-refractivity contribution in [1.29, 1.82) is 0 Å². The molecule has 0 saturated carbocycles. The smallest absolute Gasteiger partial charge is 0.339 e. The van der Waals surface area contributed by atoms with Gasteiger partial charge in [0.2, 0.25) is 41.2 Å². The first-order valence-corrected chi connectivity index (χ1v) is 11.7. The van der Waals surface area contributed by atoms with Gasteiger partial charge in [-0.05, 0) is 49.7 Å². The molecule has 13 heteroatoms. The summed E-state index contributed by atoms with van der Waals surface area (Å²) in [6.45, 7) is 3.29. The Balaban J connectivity index is 2.14. The van der Waals surface area contributed by atoms with E-state index < -0.39 is 49.8 Å². The molecule has 0 aliphatic heterocycles. The van der Waals surface area contributed by atoms with Crippen LogP contribution in [-0.4, -0.2) is 29.8 Å². The zero-order chi connectivity index (χ0) is 27.7. The molecule has 37 heavy (non-hydrogen) atoms. The quantitative estimate of drug-likeness (QED) is 0.105. The summed E-state index contributed by atoms with van der Waals surface area (Å²) in [4.78, 5) is 12.5. The first-order valence-electron chi connectivity index (χ1n) is 10.3. The third-order valence-corrected chi connectivity index (χ3v) is 6.41. The van der Waals surface area contributed by atoms with Crippen LogP contribution in [0.2, 0.25) is 0 Å². The number of benzene rings is 3. The molecular weight excluding hydrogens is 520 g/mol. The molecule has 6 nitrogen and oxygen atoms in total. The third-order valence-electron chi connectivity index (χ3n) is 5.19. The van der Waals surface area contributed by atoms with Crippen LogP contribution < -0.4 is 19.3 Å². The van der Waals surface area contributed by atoms with Gasteiger partial charge in [-0.1, -0.05) is 23.2 Å². The maximum Gasteiger partial charge on any atom is 0.339 e. The van der Waals surface area contributed by atoms with Gasteiger partial charge < -0.3 is 8.92 Å². The highest BCUT2D eigenvalue weighted by molar-refractivity contribution is 7.87. The molecular formula is C24H17BF5NO5S. The molecule has 1 amide bonds. The van der Waals surface area contributed by atoms with Crippen molar-refractivity contribution < 1.29 is 44.1 Å². The summed E-state index contributed by atoms with van der Waals surface area (Å²) in [6.07, 6.45) is 3.36. The molecule has 3 aromatic rings. The Hall–Kier alpha value is -3.87. The summed E-state index contributed by atoms with van der Waals surface area (Å²) in [5.74, 6) is -13.9. The summed E-state index contributed by atoms with van der Waals surface area (Å²) >= 11 is 0. The predicted molar refractivity (Wildman–Crippen MR) is 127 cm³/mol. The number of anilines is 2. The molecule has 0 unspecified atom stereocenters. The first kappa shape index (κ1) is 27.7. The molecule has 0 aromatic heterocycles. The number of rotatable bonds is 8. The van der Waals surface area contributed by atoms with Gasteiger partial charge in [0, 0.05) is 0 Å². The van der Waals surface area contributed by atoms with E-state index in [1.165, 1.54) is 31.4 Å². The molecule has 0 spiro atoms. The Morgan fingerprint density at radius 2 is 1.51 bits per heavy atom. The van der Waals surface area contributed by atoms with Crippen molar-refractivity contribution in [2.24, 2.45) is 0 Å². The van der Waals surface area contributed by atoms with Gasteiger partial charge >= 0.3 is 10.1 Å². The predicted octanol–water partition coefficient (Wildman–Crippen LogP) is 4.59. The molecule has 0 heterocycles. The maximum atomic E-state index is 14.0. The van der Waals surface area contributed by atoms with Crippen LogP contribution in [0.25, 0.3) is 6.08 Å². The van der Waals surface area contributed by atoms with Crippen molar-refractivity contribution in [3.05, 3.63) is 76.6 Å². The summed E-state index contributed by atoms with van der Waals surface area (Å²) in [5, 5.41) is 0. The van der Waals surface area contributed by atoms with Crippen LogP contribution in [-0.2, 0) is 14.9 Å². The minimum Gasteiger partial charge on any atom is -0.495 e. The average molecular weight is 537 g/mol. The van der Waals surface area contributed by atoms with E-state index in [0.29, 0.717) is 17.4 Å². The van der Waals surface area contributed by atoms with E-state index >= 15 is 0 Å². The highest BCUT2D eigenvalue weighted by atomic mass is 32.2. The largest absolute Gasteiger partial charge is 0.495 e. The van der Waals surface area contributed by atoms with Gasteiger partial charge in [0.05, 0.1) is 18.5 Å². The van der Waals surface area contributed by atoms with E-state index in [4.69, 9.17) is 12.6 Å². The fourth-order valence-electron chi connectivity index (χ4n) is 3.32. The molecule has 3 rings (SSSR count). The van der Waals surface area contributed by atoms with Crippen molar-refractivity contribution >= 4 is 47.3 Å². The van der Waals surface area contributed by atoms with Gasteiger partial charge in [0.1, 0.15) is 18.5 Å². The number of allylic oxidation sites excluding steroid dienone is 1. The van der Waals surface area contributed by atoms with E-state index in [9.17, 15) is 35.2 Å². The maximum absolute atomic E-state index is 14.0. The van der Waals surface area contributed by atoms with Crippen molar-refractivity contribution in [3.8, 4) is 11.5 Å². The number of ether oxygens (including phenoxy) is 1. The summed E-state index contributed by atoms with van der Waals surface area (Å²) in [5.41, 5.74) is 1.56. The summed E-state index contributed by atoms with van der Waals surface area (Å²) in [7, 11) is 2.16. The molecule has 0 fully saturated rings. The minimum atomic E-state index is -5.10. The molecule has 0 bridgehead atoms. The Morgan fingerprint density at radius 1 is 0.919 bits per heavy atom. The highest BCUT2D eigenvalue weighted by Gasteiger charge is 2.31. The Labute approximate surface area is 210 Å². The lowest BCUT2D eigenvalue weighted by atomic mass is 9.90. The van der Waals surface area contributed by atoms with Crippen LogP contribution in [0.5, 0.6) is 11.5 Å². The zero-order valence-electron chi connectivity index (χ0n) is 19.5. The van der Waals surface area contributed by atoms with E-state index in [1.807, 2.05) is 0 Å². The summed E-state index contributed by atoms with van der Waals surface area (Å²) < 4.78 is 103.